The number of imide groups is 1. The molecule has 4 aromatic rings. The molecule has 204 valence electrons. The van der Waals surface area contributed by atoms with E-state index in [4.69, 9.17) is 14.2 Å². The van der Waals surface area contributed by atoms with Crippen LogP contribution in [0.15, 0.2) is 72.9 Å². The van der Waals surface area contributed by atoms with Gasteiger partial charge in [0.25, 0.3) is 0 Å². The summed E-state index contributed by atoms with van der Waals surface area (Å²) in [7, 11) is 4.59. The van der Waals surface area contributed by atoms with Crippen molar-refractivity contribution in [3.8, 4) is 23.0 Å². The van der Waals surface area contributed by atoms with E-state index in [1.54, 1.807) is 62.9 Å². The van der Waals surface area contributed by atoms with Gasteiger partial charge in [-0.3, -0.25) is 14.6 Å². The number of carbonyl (C=O) groups excluding carboxylic acids is 3. The summed E-state index contributed by atoms with van der Waals surface area (Å²) < 4.78 is 30.2. The van der Waals surface area contributed by atoms with Gasteiger partial charge in [0.2, 0.25) is 11.8 Å². The molecule has 2 heterocycles. The van der Waals surface area contributed by atoms with Crippen molar-refractivity contribution in [2.24, 2.45) is 5.92 Å². The van der Waals surface area contributed by atoms with E-state index in [1.807, 2.05) is 0 Å². The number of nitrogens with one attached hydrogen (secondary N) is 1. The number of methoxy groups -OCH3 is 2. The Hall–Kier alpha value is -5.19. The SMILES string of the molecule is COc1cc2nccc(Oc3ccc(NC(=O)C4CN(C)C(=O)N(c5ccc(F)cc5)C4=O)cc3)c2cc1OC. The Balaban J connectivity index is 1.31. The quantitative estimate of drug-likeness (QED) is 0.332. The summed E-state index contributed by atoms with van der Waals surface area (Å²) in [6, 6.07) is 16.2. The molecule has 0 bridgehead atoms. The molecule has 0 saturated carbocycles. The first kappa shape index (κ1) is 26.4. The number of nitrogens with zero attached hydrogens (tertiary/aromatic N) is 3. The molecule has 11 heteroatoms. The second-order valence-electron chi connectivity index (χ2n) is 9.01. The number of carbonyl (C=O) groups is 3. The molecule has 1 saturated heterocycles. The average Bonchev–Trinajstić information content (AvgIpc) is 2.96. The van der Waals surface area contributed by atoms with Gasteiger partial charge < -0.3 is 24.4 Å². The number of urea groups is 1. The van der Waals surface area contributed by atoms with Crippen LogP contribution in [-0.2, 0) is 9.59 Å². The fourth-order valence-corrected chi connectivity index (χ4v) is 4.37. The Morgan fingerprint density at radius 2 is 1.62 bits per heavy atom. The highest BCUT2D eigenvalue weighted by Gasteiger charge is 2.42. The van der Waals surface area contributed by atoms with Gasteiger partial charge in [-0.1, -0.05) is 0 Å². The number of ether oxygens (including phenoxy) is 3. The molecule has 40 heavy (non-hydrogen) atoms. The first-order valence-electron chi connectivity index (χ1n) is 12.2. The zero-order valence-corrected chi connectivity index (χ0v) is 21.9. The maximum Gasteiger partial charge on any atom is 0.331 e. The normalized spacial score (nSPS) is 15.2. The van der Waals surface area contributed by atoms with Gasteiger partial charge in [-0.05, 0) is 60.7 Å². The number of hydrogen-bond donors (Lipinski definition) is 1. The number of halogens is 1. The summed E-state index contributed by atoms with van der Waals surface area (Å²) in [5.74, 6) is -0.797. The average molecular weight is 545 g/mol. The molecule has 5 rings (SSSR count). The number of rotatable bonds is 7. The van der Waals surface area contributed by atoms with Crippen LogP contribution in [0.5, 0.6) is 23.0 Å². The van der Waals surface area contributed by atoms with Crippen LogP contribution in [0.2, 0.25) is 0 Å². The van der Waals surface area contributed by atoms with Gasteiger partial charge in [0.05, 0.1) is 25.4 Å². The summed E-state index contributed by atoms with van der Waals surface area (Å²) in [5, 5.41) is 3.45. The molecule has 4 amide bonds. The first-order chi connectivity index (χ1) is 19.3. The molecule has 10 nitrogen and oxygen atoms in total. The third-order valence-electron chi connectivity index (χ3n) is 6.45. The maximum atomic E-state index is 13.4. The summed E-state index contributed by atoms with van der Waals surface area (Å²) in [6.45, 7) is -0.0915. The molecular weight excluding hydrogens is 519 g/mol. The van der Waals surface area contributed by atoms with Crippen molar-refractivity contribution in [2.75, 3.05) is 38.0 Å². The van der Waals surface area contributed by atoms with Gasteiger partial charge >= 0.3 is 6.03 Å². The Morgan fingerprint density at radius 1 is 0.950 bits per heavy atom. The van der Waals surface area contributed by atoms with Crippen molar-refractivity contribution < 1.29 is 33.0 Å². The molecule has 3 aromatic carbocycles. The molecule has 1 aliphatic rings. The van der Waals surface area contributed by atoms with E-state index in [0.29, 0.717) is 34.2 Å². The highest BCUT2D eigenvalue weighted by Crippen LogP contribution is 2.37. The largest absolute Gasteiger partial charge is 0.493 e. The highest BCUT2D eigenvalue weighted by atomic mass is 19.1. The topological polar surface area (TPSA) is 110 Å². The summed E-state index contributed by atoms with van der Waals surface area (Å²) in [5.41, 5.74) is 1.28. The second-order valence-corrected chi connectivity index (χ2v) is 9.01. The van der Waals surface area contributed by atoms with Crippen LogP contribution < -0.4 is 24.4 Å². The van der Waals surface area contributed by atoms with Crippen LogP contribution in [0, 0.1) is 11.7 Å². The van der Waals surface area contributed by atoms with Crippen molar-refractivity contribution in [2.45, 2.75) is 0 Å². The van der Waals surface area contributed by atoms with Crippen molar-refractivity contribution in [3.05, 3.63) is 78.7 Å². The number of anilines is 2. The first-order valence-corrected chi connectivity index (χ1v) is 12.2. The minimum Gasteiger partial charge on any atom is -0.493 e. The van der Waals surface area contributed by atoms with E-state index in [1.165, 1.54) is 24.1 Å². The fraction of sp³-hybridized carbons (Fsp3) is 0.172. The van der Waals surface area contributed by atoms with Crippen molar-refractivity contribution in [3.63, 3.8) is 0 Å². The van der Waals surface area contributed by atoms with Crippen LogP contribution in [0.1, 0.15) is 0 Å². The molecule has 1 N–H and O–H groups in total. The third kappa shape index (κ3) is 5.08. The molecular formula is C29H25FN4O6. The lowest BCUT2D eigenvalue weighted by Gasteiger charge is -2.35. The number of benzene rings is 3. The number of amides is 4. The Labute approximate surface area is 228 Å². The molecule has 0 radical (unpaired) electrons. The Morgan fingerprint density at radius 3 is 2.30 bits per heavy atom. The van der Waals surface area contributed by atoms with Gasteiger partial charge in [-0.25, -0.2) is 14.1 Å². The summed E-state index contributed by atoms with van der Waals surface area (Å²) >= 11 is 0. The lowest BCUT2D eigenvalue weighted by Crippen LogP contribution is -2.58. The number of aromatic nitrogens is 1. The maximum absolute atomic E-state index is 13.4. The lowest BCUT2D eigenvalue weighted by atomic mass is 10.0. The second kappa shape index (κ2) is 10.9. The van der Waals surface area contributed by atoms with Gasteiger partial charge in [-0.2, -0.15) is 0 Å². The molecule has 1 atom stereocenters. The lowest BCUT2D eigenvalue weighted by molar-refractivity contribution is -0.131. The Bertz CT molecular complexity index is 1590. The van der Waals surface area contributed by atoms with E-state index in [9.17, 15) is 18.8 Å². The van der Waals surface area contributed by atoms with Crippen LogP contribution in [-0.4, -0.2) is 55.5 Å². The molecule has 0 aliphatic carbocycles. The number of fused-ring (bicyclic) bond motifs is 1. The monoisotopic (exact) mass is 544 g/mol. The fourth-order valence-electron chi connectivity index (χ4n) is 4.37. The smallest absolute Gasteiger partial charge is 0.331 e. The number of hydrogen-bond acceptors (Lipinski definition) is 7. The predicted octanol–water partition coefficient (Wildman–Crippen LogP) is 4.84. The van der Waals surface area contributed by atoms with Crippen molar-refractivity contribution >= 4 is 40.1 Å². The van der Waals surface area contributed by atoms with Crippen LogP contribution in [0.4, 0.5) is 20.6 Å². The zero-order valence-electron chi connectivity index (χ0n) is 21.9. The standard InChI is InChI=1S/C29H25FN4O6/c1-33-16-22(28(36)34(29(33)37)19-8-4-17(30)5-9-19)27(35)32-18-6-10-20(11-7-18)40-24-12-13-31-23-15-26(39-3)25(38-2)14-21(23)24/h4-15,22H,16H2,1-3H3,(H,32,35). The molecule has 1 unspecified atom stereocenters. The van der Waals surface area contributed by atoms with Crippen molar-refractivity contribution in [1.82, 2.24) is 9.88 Å². The molecule has 1 fully saturated rings. The summed E-state index contributed by atoms with van der Waals surface area (Å²) in [6.07, 6.45) is 1.62. The zero-order chi connectivity index (χ0) is 28.4. The Kier molecular flexibility index (Phi) is 7.19. The molecule has 1 aliphatic heterocycles. The molecule has 1 aromatic heterocycles. The van der Waals surface area contributed by atoms with Crippen molar-refractivity contribution in [1.29, 1.82) is 0 Å². The van der Waals surface area contributed by atoms with E-state index in [-0.39, 0.29) is 12.2 Å². The minimum absolute atomic E-state index is 0.0915. The van der Waals surface area contributed by atoms with Gasteiger partial charge in [0, 0.05) is 36.9 Å². The van der Waals surface area contributed by atoms with Crippen LogP contribution in [0.25, 0.3) is 10.9 Å². The predicted molar refractivity (Wildman–Crippen MR) is 145 cm³/mol. The van der Waals surface area contributed by atoms with E-state index in [2.05, 4.69) is 10.3 Å². The number of pyridine rings is 1. The van der Waals surface area contributed by atoms with Crippen LogP contribution in [0.3, 0.4) is 0 Å². The minimum atomic E-state index is -1.15. The summed E-state index contributed by atoms with van der Waals surface area (Å²) in [4.78, 5) is 45.4. The highest BCUT2D eigenvalue weighted by molar-refractivity contribution is 6.23. The van der Waals surface area contributed by atoms with Gasteiger partial charge in [0.1, 0.15) is 23.2 Å². The van der Waals surface area contributed by atoms with E-state index >= 15 is 0 Å². The van der Waals surface area contributed by atoms with E-state index in [0.717, 1.165) is 22.4 Å². The van der Waals surface area contributed by atoms with Crippen LogP contribution >= 0.6 is 0 Å². The third-order valence-corrected chi connectivity index (χ3v) is 6.45. The molecule has 0 spiro atoms. The van der Waals surface area contributed by atoms with E-state index < -0.39 is 29.6 Å². The van der Waals surface area contributed by atoms with Gasteiger partial charge in [-0.15, -0.1) is 0 Å². The van der Waals surface area contributed by atoms with Gasteiger partial charge in [0.15, 0.2) is 11.5 Å².